The van der Waals surface area contributed by atoms with Crippen LogP contribution >= 0.6 is 24.0 Å². The molecule has 1 atom stereocenters. The van der Waals surface area contributed by atoms with Crippen LogP contribution in [0, 0.1) is 11.6 Å². The monoisotopic (exact) mass is 466 g/mol. The van der Waals surface area contributed by atoms with Crippen molar-refractivity contribution >= 4 is 29.9 Å². The van der Waals surface area contributed by atoms with E-state index in [0.29, 0.717) is 17.6 Å². The van der Waals surface area contributed by atoms with Crippen molar-refractivity contribution < 1.29 is 8.78 Å². The number of hydrogen-bond donors (Lipinski definition) is 2. The molecular formula is C18H29F2IN4. The molecule has 25 heavy (non-hydrogen) atoms. The molecule has 0 bridgehead atoms. The van der Waals surface area contributed by atoms with E-state index in [2.05, 4.69) is 27.4 Å². The molecule has 1 aromatic rings. The maximum absolute atomic E-state index is 13.6. The number of aliphatic imine (C=N–C) groups is 1. The third kappa shape index (κ3) is 7.43. The molecule has 1 fully saturated rings. The average Bonchev–Trinajstić information content (AvgIpc) is 2.58. The van der Waals surface area contributed by atoms with Gasteiger partial charge in [-0.3, -0.25) is 4.99 Å². The number of rotatable bonds is 6. The Hall–Kier alpha value is -0.960. The summed E-state index contributed by atoms with van der Waals surface area (Å²) in [5, 5.41) is 6.24. The van der Waals surface area contributed by atoms with Gasteiger partial charge in [-0.1, -0.05) is 6.42 Å². The van der Waals surface area contributed by atoms with Gasteiger partial charge in [0.25, 0.3) is 0 Å². The number of nitrogens with zero attached hydrogens (tertiary/aromatic N) is 2. The van der Waals surface area contributed by atoms with E-state index in [1.54, 1.807) is 7.05 Å². The highest BCUT2D eigenvalue weighted by molar-refractivity contribution is 14.0. The molecule has 1 aliphatic heterocycles. The summed E-state index contributed by atoms with van der Waals surface area (Å²) in [6.45, 7) is 5.55. The summed E-state index contributed by atoms with van der Waals surface area (Å²) < 4.78 is 26.8. The fourth-order valence-electron chi connectivity index (χ4n) is 3.06. The molecule has 1 aromatic carbocycles. The Bertz CT molecular complexity index is 554. The lowest BCUT2D eigenvalue weighted by Gasteiger charge is -2.33. The highest BCUT2D eigenvalue weighted by Crippen LogP contribution is 2.16. The number of guanidine groups is 1. The zero-order valence-corrected chi connectivity index (χ0v) is 17.4. The molecule has 1 aliphatic rings. The molecule has 0 radical (unpaired) electrons. The molecule has 1 unspecified atom stereocenters. The standard InChI is InChI=1S/C18H28F2N4.HI/c1-14-6-3-4-10-24(14)11-5-9-22-18(21-2)23-13-15-12-16(19)7-8-17(15)20;/h7-8,12,14H,3-6,9-11,13H2,1-2H3,(H2,21,22,23);1H. The Morgan fingerprint density at radius 2 is 2.08 bits per heavy atom. The van der Waals surface area contributed by atoms with Gasteiger partial charge in [-0.05, 0) is 50.9 Å². The molecule has 0 saturated carbocycles. The molecule has 0 amide bonds. The number of nitrogens with one attached hydrogen (secondary N) is 2. The van der Waals surface area contributed by atoms with Crippen molar-refractivity contribution in [2.45, 2.75) is 45.2 Å². The smallest absolute Gasteiger partial charge is 0.191 e. The van der Waals surface area contributed by atoms with Crippen LogP contribution in [0.2, 0.25) is 0 Å². The molecule has 0 spiro atoms. The van der Waals surface area contributed by atoms with E-state index in [1.807, 2.05) is 0 Å². The topological polar surface area (TPSA) is 39.7 Å². The fraction of sp³-hybridized carbons (Fsp3) is 0.611. The Labute approximate surface area is 166 Å². The molecule has 2 rings (SSSR count). The minimum atomic E-state index is -0.438. The van der Waals surface area contributed by atoms with E-state index in [4.69, 9.17) is 0 Å². The van der Waals surface area contributed by atoms with Crippen LogP contribution < -0.4 is 10.6 Å². The van der Waals surface area contributed by atoms with E-state index in [1.165, 1.54) is 31.9 Å². The molecule has 0 aliphatic carbocycles. The SMILES string of the molecule is CN=C(NCCCN1CCCCC1C)NCc1cc(F)ccc1F.I. The van der Waals surface area contributed by atoms with E-state index in [9.17, 15) is 8.78 Å². The third-order valence-corrected chi connectivity index (χ3v) is 4.53. The second kappa shape index (κ2) is 11.6. The Morgan fingerprint density at radius 1 is 1.28 bits per heavy atom. The lowest BCUT2D eigenvalue weighted by molar-refractivity contribution is 0.159. The highest BCUT2D eigenvalue weighted by atomic mass is 127. The van der Waals surface area contributed by atoms with Gasteiger partial charge < -0.3 is 15.5 Å². The van der Waals surface area contributed by atoms with E-state index in [-0.39, 0.29) is 30.5 Å². The minimum absolute atomic E-state index is 0. The van der Waals surface area contributed by atoms with Crippen LogP contribution in [0.1, 0.15) is 38.2 Å². The first-order chi connectivity index (χ1) is 11.6. The van der Waals surface area contributed by atoms with Crippen molar-refractivity contribution in [2.24, 2.45) is 4.99 Å². The molecule has 7 heteroatoms. The van der Waals surface area contributed by atoms with Gasteiger partial charge in [0, 0.05) is 38.3 Å². The zero-order valence-electron chi connectivity index (χ0n) is 15.0. The Morgan fingerprint density at radius 3 is 2.80 bits per heavy atom. The van der Waals surface area contributed by atoms with Crippen LogP contribution in [0.3, 0.4) is 0 Å². The maximum atomic E-state index is 13.6. The summed E-state index contributed by atoms with van der Waals surface area (Å²) >= 11 is 0. The van der Waals surface area contributed by atoms with Crippen LogP contribution in [0.25, 0.3) is 0 Å². The first kappa shape index (κ1) is 22.1. The van der Waals surface area contributed by atoms with Gasteiger partial charge in [0.15, 0.2) is 5.96 Å². The Balaban J connectivity index is 0.00000312. The summed E-state index contributed by atoms with van der Waals surface area (Å²) in [5.74, 6) is -0.254. The van der Waals surface area contributed by atoms with E-state index in [0.717, 1.165) is 31.6 Å². The van der Waals surface area contributed by atoms with Crippen LogP contribution in [-0.4, -0.2) is 43.6 Å². The highest BCUT2D eigenvalue weighted by Gasteiger charge is 2.17. The van der Waals surface area contributed by atoms with Crippen molar-refractivity contribution in [1.29, 1.82) is 0 Å². The summed E-state index contributed by atoms with van der Waals surface area (Å²) in [4.78, 5) is 6.65. The lowest BCUT2D eigenvalue weighted by atomic mass is 10.0. The second-order valence-electron chi connectivity index (χ2n) is 6.32. The minimum Gasteiger partial charge on any atom is -0.356 e. The van der Waals surface area contributed by atoms with Crippen molar-refractivity contribution in [2.75, 3.05) is 26.7 Å². The number of hydrogen-bond acceptors (Lipinski definition) is 2. The second-order valence-corrected chi connectivity index (χ2v) is 6.32. The third-order valence-electron chi connectivity index (χ3n) is 4.53. The summed E-state index contributed by atoms with van der Waals surface area (Å²) in [6.07, 6.45) is 4.94. The number of piperidine rings is 1. The largest absolute Gasteiger partial charge is 0.356 e. The van der Waals surface area contributed by atoms with Crippen molar-refractivity contribution in [3.05, 3.63) is 35.4 Å². The van der Waals surface area contributed by atoms with Gasteiger partial charge in [-0.2, -0.15) is 0 Å². The molecule has 0 aromatic heterocycles. The molecule has 2 N–H and O–H groups in total. The van der Waals surface area contributed by atoms with Gasteiger partial charge >= 0.3 is 0 Å². The van der Waals surface area contributed by atoms with Crippen LogP contribution in [0.5, 0.6) is 0 Å². The van der Waals surface area contributed by atoms with Crippen LogP contribution in [0.4, 0.5) is 8.78 Å². The first-order valence-electron chi connectivity index (χ1n) is 8.72. The predicted molar refractivity (Wildman–Crippen MR) is 109 cm³/mol. The van der Waals surface area contributed by atoms with Crippen molar-refractivity contribution in [3.63, 3.8) is 0 Å². The van der Waals surface area contributed by atoms with Crippen molar-refractivity contribution in [3.8, 4) is 0 Å². The fourth-order valence-corrected chi connectivity index (χ4v) is 3.06. The number of likely N-dealkylation sites (tertiary alicyclic amines) is 1. The van der Waals surface area contributed by atoms with Crippen LogP contribution in [-0.2, 0) is 6.54 Å². The molecule has 1 saturated heterocycles. The van der Waals surface area contributed by atoms with Gasteiger partial charge in [0.2, 0.25) is 0 Å². The maximum Gasteiger partial charge on any atom is 0.191 e. The quantitative estimate of drug-likeness (QED) is 0.292. The van der Waals surface area contributed by atoms with Gasteiger partial charge in [-0.25, -0.2) is 8.78 Å². The Kier molecular flexibility index (Phi) is 10.3. The van der Waals surface area contributed by atoms with E-state index >= 15 is 0 Å². The van der Waals surface area contributed by atoms with Gasteiger partial charge in [-0.15, -0.1) is 24.0 Å². The summed E-state index contributed by atoms with van der Waals surface area (Å²) in [7, 11) is 1.67. The number of halogens is 3. The molecule has 1 heterocycles. The van der Waals surface area contributed by atoms with E-state index < -0.39 is 11.6 Å². The zero-order chi connectivity index (χ0) is 17.4. The normalized spacial score (nSPS) is 18.6. The van der Waals surface area contributed by atoms with Crippen molar-refractivity contribution in [1.82, 2.24) is 15.5 Å². The van der Waals surface area contributed by atoms with Gasteiger partial charge in [0.1, 0.15) is 11.6 Å². The molecular weight excluding hydrogens is 437 g/mol. The summed E-state index contributed by atoms with van der Waals surface area (Å²) in [6, 6.07) is 4.13. The number of benzene rings is 1. The molecule has 142 valence electrons. The lowest BCUT2D eigenvalue weighted by Crippen LogP contribution is -2.41. The molecule has 4 nitrogen and oxygen atoms in total. The van der Waals surface area contributed by atoms with Crippen LogP contribution in [0.15, 0.2) is 23.2 Å². The average molecular weight is 466 g/mol. The first-order valence-corrected chi connectivity index (χ1v) is 8.72. The predicted octanol–water partition coefficient (Wildman–Crippen LogP) is 3.51. The summed E-state index contributed by atoms with van der Waals surface area (Å²) in [5.41, 5.74) is 0.292. The van der Waals surface area contributed by atoms with Gasteiger partial charge in [0.05, 0.1) is 0 Å².